The van der Waals surface area contributed by atoms with Gasteiger partial charge in [-0.15, -0.1) is 0 Å². The highest BCUT2D eigenvalue weighted by atomic mass is 31.2. The molecule has 0 amide bonds. The molecule has 0 saturated heterocycles. The molecule has 516 valence electrons. The molecule has 19 heteroatoms. The van der Waals surface area contributed by atoms with Gasteiger partial charge in [-0.3, -0.25) is 37.3 Å². The fourth-order valence-electron chi connectivity index (χ4n) is 10.1. The number of rotatable bonds is 65. The summed E-state index contributed by atoms with van der Waals surface area (Å²) >= 11 is 0. The van der Waals surface area contributed by atoms with E-state index in [0.29, 0.717) is 31.6 Å². The first-order valence-corrected chi connectivity index (χ1v) is 38.3. The van der Waals surface area contributed by atoms with Gasteiger partial charge >= 0.3 is 39.5 Å². The predicted molar refractivity (Wildman–Crippen MR) is 349 cm³/mol. The number of phosphoric ester groups is 2. The summed E-state index contributed by atoms with van der Waals surface area (Å²) in [4.78, 5) is 72.4. The van der Waals surface area contributed by atoms with Gasteiger partial charge in [0.25, 0.3) is 0 Å². The van der Waals surface area contributed by atoms with Crippen molar-refractivity contribution < 1.29 is 80.2 Å². The SMILES string of the molecule is CCC(C)CCCCCCCCCCC(=O)OC[C@H](COP(=O)(O)OCC(O)COP(=O)(O)OC[C@@H](COC(=O)CCCCCCCCCC(C)C)OC(=O)CCCCCCCCCCC(C)CC)OC(=O)CCCCCCCCCCCCC(C)C. The summed E-state index contributed by atoms with van der Waals surface area (Å²) in [6.45, 7) is 14.1. The van der Waals surface area contributed by atoms with Crippen molar-refractivity contribution in [2.45, 2.75) is 350 Å². The molecular weight excluding hydrogens is 1150 g/mol. The molecule has 0 aromatic carbocycles. The molecule has 0 aromatic rings. The monoisotopic (exact) mass is 1280 g/mol. The van der Waals surface area contributed by atoms with Gasteiger partial charge in [-0.25, -0.2) is 9.13 Å². The van der Waals surface area contributed by atoms with Crippen molar-refractivity contribution in [2.24, 2.45) is 23.7 Å². The number of esters is 4. The fraction of sp³-hybridized carbons (Fsp3) is 0.941. The third-order valence-electron chi connectivity index (χ3n) is 16.3. The van der Waals surface area contributed by atoms with E-state index in [2.05, 4.69) is 55.4 Å². The van der Waals surface area contributed by atoms with Gasteiger partial charge in [0.2, 0.25) is 0 Å². The molecule has 0 rings (SSSR count). The molecular formula is C68H132O17P2. The lowest BCUT2D eigenvalue weighted by atomic mass is 9.99. The van der Waals surface area contributed by atoms with Crippen LogP contribution in [0.25, 0.3) is 0 Å². The first-order chi connectivity index (χ1) is 41.7. The third kappa shape index (κ3) is 60.1. The number of carbonyl (C=O) groups excluding carboxylic acids is 4. The lowest BCUT2D eigenvalue weighted by Gasteiger charge is -2.21. The molecule has 87 heavy (non-hydrogen) atoms. The second-order valence-corrected chi connectivity index (χ2v) is 28.9. The zero-order valence-corrected chi connectivity index (χ0v) is 58.4. The van der Waals surface area contributed by atoms with E-state index >= 15 is 0 Å². The Hall–Kier alpha value is -1.94. The van der Waals surface area contributed by atoms with Crippen molar-refractivity contribution in [1.82, 2.24) is 0 Å². The summed E-state index contributed by atoms with van der Waals surface area (Å²) in [5.74, 6) is 0.870. The third-order valence-corrected chi connectivity index (χ3v) is 18.2. The molecule has 0 spiro atoms. The minimum Gasteiger partial charge on any atom is -0.462 e. The van der Waals surface area contributed by atoms with Crippen LogP contribution in [0.15, 0.2) is 0 Å². The predicted octanol–water partition coefficient (Wildman–Crippen LogP) is 18.9. The van der Waals surface area contributed by atoms with Gasteiger partial charge in [0, 0.05) is 25.7 Å². The zero-order chi connectivity index (χ0) is 64.7. The van der Waals surface area contributed by atoms with Gasteiger partial charge in [-0.2, -0.15) is 0 Å². The van der Waals surface area contributed by atoms with Crippen molar-refractivity contribution >= 4 is 39.5 Å². The summed E-state index contributed by atoms with van der Waals surface area (Å²) in [6.07, 6.45) is 38.9. The Morgan fingerprint density at radius 1 is 0.322 bits per heavy atom. The van der Waals surface area contributed by atoms with Crippen LogP contribution in [0.1, 0.15) is 331 Å². The maximum Gasteiger partial charge on any atom is 0.472 e. The van der Waals surface area contributed by atoms with Gasteiger partial charge in [0.1, 0.15) is 19.3 Å². The van der Waals surface area contributed by atoms with E-state index in [0.717, 1.165) is 114 Å². The Labute approximate surface area is 530 Å². The first-order valence-electron chi connectivity index (χ1n) is 35.3. The molecule has 0 aliphatic rings. The maximum absolute atomic E-state index is 13.0. The topological polar surface area (TPSA) is 237 Å². The Morgan fingerprint density at radius 2 is 0.552 bits per heavy atom. The van der Waals surface area contributed by atoms with E-state index in [4.69, 9.17) is 37.0 Å². The van der Waals surface area contributed by atoms with Crippen molar-refractivity contribution in [1.29, 1.82) is 0 Å². The highest BCUT2D eigenvalue weighted by molar-refractivity contribution is 7.47. The molecule has 0 radical (unpaired) electrons. The van der Waals surface area contributed by atoms with E-state index in [9.17, 15) is 43.2 Å². The van der Waals surface area contributed by atoms with Gasteiger partial charge in [-0.1, -0.05) is 280 Å². The molecule has 0 fully saturated rings. The number of carbonyl (C=O) groups is 4. The number of hydrogen-bond donors (Lipinski definition) is 3. The summed E-state index contributed by atoms with van der Waals surface area (Å²) in [5.41, 5.74) is 0. The molecule has 3 N–H and O–H groups in total. The van der Waals surface area contributed by atoms with E-state index in [1.165, 1.54) is 128 Å². The van der Waals surface area contributed by atoms with Gasteiger partial charge in [-0.05, 0) is 49.4 Å². The van der Waals surface area contributed by atoms with Crippen LogP contribution in [0.2, 0.25) is 0 Å². The number of unbranched alkanes of at least 4 members (excludes halogenated alkanes) is 29. The molecule has 0 saturated carbocycles. The van der Waals surface area contributed by atoms with E-state index in [1.54, 1.807) is 0 Å². The number of ether oxygens (including phenoxy) is 4. The van der Waals surface area contributed by atoms with E-state index in [-0.39, 0.29) is 25.7 Å². The van der Waals surface area contributed by atoms with Crippen LogP contribution in [0.5, 0.6) is 0 Å². The van der Waals surface area contributed by atoms with Crippen molar-refractivity contribution in [2.75, 3.05) is 39.6 Å². The summed E-state index contributed by atoms with van der Waals surface area (Å²) < 4.78 is 68.2. The fourth-order valence-corrected chi connectivity index (χ4v) is 11.7. The Morgan fingerprint density at radius 3 is 0.816 bits per heavy atom. The summed E-state index contributed by atoms with van der Waals surface area (Å²) in [5, 5.41) is 10.6. The number of aliphatic hydroxyl groups is 1. The Kier molecular flexibility index (Phi) is 56.6. The average molecular weight is 1280 g/mol. The van der Waals surface area contributed by atoms with E-state index < -0.39 is 97.5 Å². The molecule has 0 bridgehead atoms. The van der Waals surface area contributed by atoms with Crippen molar-refractivity contribution in [3.63, 3.8) is 0 Å². The zero-order valence-electron chi connectivity index (χ0n) is 56.6. The molecule has 0 aliphatic heterocycles. The van der Waals surface area contributed by atoms with Crippen LogP contribution < -0.4 is 0 Å². The second kappa shape index (κ2) is 57.9. The molecule has 5 unspecified atom stereocenters. The van der Waals surface area contributed by atoms with E-state index in [1.807, 2.05) is 0 Å². The average Bonchev–Trinajstić information content (AvgIpc) is 3.59. The molecule has 0 aromatic heterocycles. The first kappa shape index (κ1) is 85.1. The summed E-state index contributed by atoms with van der Waals surface area (Å²) in [7, 11) is -9.90. The van der Waals surface area contributed by atoms with Gasteiger partial charge in [0.15, 0.2) is 12.2 Å². The number of hydrogen-bond acceptors (Lipinski definition) is 15. The Bertz CT molecular complexity index is 1730. The smallest absolute Gasteiger partial charge is 0.462 e. The second-order valence-electron chi connectivity index (χ2n) is 26.0. The minimum absolute atomic E-state index is 0.104. The molecule has 7 atom stereocenters. The van der Waals surface area contributed by atoms with Crippen LogP contribution >= 0.6 is 15.6 Å². The molecule has 17 nitrogen and oxygen atoms in total. The van der Waals surface area contributed by atoms with Crippen molar-refractivity contribution in [3.8, 4) is 0 Å². The standard InChI is InChI=1S/C68H132O17P2/c1-9-60(7)46-38-30-22-15-17-24-32-40-48-65(70)78-54-63(84-67(72)50-42-34-25-14-12-11-13-20-28-36-44-58(3)4)56-82-86(74,75)80-52-62(69)53-81-87(76,77)83-57-64(55-79-66(71)49-41-33-27-19-21-29-37-45-59(5)6)85-68(73)51-43-35-26-18-16-23-31-39-47-61(8)10-2/h58-64,69H,9-57H2,1-8H3,(H,74,75)(H,76,77)/t60?,61?,62?,63-,64-/m1/s1. The lowest BCUT2D eigenvalue weighted by molar-refractivity contribution is -0.161. The van der Waals surface area contributed by atoms with Gasteiger partial charge in [0.05, 0.1) is 26.4 Å². The van der Waals surface area contributed by atoms with Crippen LogP contribution in [0, 0.1) is 23.7 Å². The van der Waals surface area contributed by atoms with Crippen LogP contribution in [-0.4, -0.2) is 96.7 Å². The quantitative estimate of drug-likeness (QED) is 0.0222. The molecule has 0 heterocycles. The van der Waals surface area contributed by atoms with Crippen LogP contribution in [-0.2, 0) is 65.4 Å². The lowest BCUT2D eigenvalue weighted by Crippen LogP contribution is -2.30. The molecule has 0 aliphatic carbocycles. The van der Waals surface area contributed by atoms with Gasteiger partial charge < -0.3 is 33.8 Å². The van der Waals surface area contributed by atoms with Crippen LogP contribution in [0.3, 0.4) is 0 Å². The highest BCUT2D eigenvalue weighted by Crippen LogP contribution is 2.45. The maximum atomic E-state index is 13.0. The van der Waals surface area contributed by atoms with Crippen LogP contribution in [0.4, 0.5) is 0 Å². The van der Waals surface area contributed by atoms with Crippen molar-refractivity contribution in [3.05, 3.63) is 0 Å². The minimum atomic E-state index is -4.95. The normalized spacial score (nSPS) is 15.0. The number of phosphoric acid groups is 2. The Balaban J connectivity index is 5.28. The highest BCUT2D eigenvalue weighted by Gasteiger charge is 2.30. The summed E-state index contributed by atoms with van der Waals surface area (Å²) in [6, 6.07) is 0. The number of aliphatic hydroxyl groups excluding tert-OH is 1. The largest absolute Gasteiger partial charge is 0.472 e.